The third kappa shape index (κ3) is 1.77. The molecule has 0 amide bonds. The minimum absolute atomic E-state index is 0.162. The first-order valence-corrected chi connectivity index (χ1v) is 5.10. The lowest BCUT2D eigenvalue weighted by Crippen LogP contribution is -2.33. The second kappa shape index (κ2) is 3.85. The molecule has 0 bridgehead atoms. The molecule has 1 aliphatic rings. The van der Waals surface area contributed by atoms with Gasteiger partial charge in [-0.1, -0.05) is 13.0 Å². The predicted octanol–water partition coefficient (Wildman–Crippen LogP) is 0.587. The van der Waals surface area contributed by atoms with Crippen molar-refractivity contribution in [3.05, 3.63) is 32.7 Å². The molecule has 1 aliphatic carbocycles. The molecule has 0 radical (unpaired) electrons. The Morgan fingerprint density at radius 2 is 2.13 bits per heavy atom. The van der Waals surface area contributed by atoms with Crippen molar-refractivity contribution in [1.82, 2.24) is 0 Å². The minimum atomic E-state index is -0.521. The number of rotatable bonds is 2. The third-order valence-corrected chi connectivity index (χ3v) is 2.49. The van der Waals surface area contributed by atoms with Gasteiger partial charge in [-0.3, -0.25) is 4.79 Å². The van der Waals surface area contributed by atoms with Gasteiger partial charge in [0.05, 0.1) is 0 Å². The number of fused-ring (bicyclic) bond motifs is 1. The van der Waals surface area contributed by atoms with Gasteiger partial charge in [0.15, 0.2) is 5.78 Å². The summed E-state index contributed by atoms with van der Waals surface area (Å²) in [6.07, 6.45) is 6.02. The Hall–Kier alpha value is -1.64. The topological polar surface area (TPSA) is 47.3 Å². The van der Waals surface area contributed by atoms with E-state index in [4.69, 9.17) is 4.42 Å². The van der Waals surface area contributed by atoms with Gasteiger partial charge < -0.3 is 4.42 Å². The standard InChI is InChI=1S/C12H12O3/c1-2-10(13)9-7-8-5-3-4-6-11(8)15-12(9)14/h5-7H,2-4H2,1H3. The predicted molar refractivity (Wildman–Crippen MR) is 57.0 cm³/mol. The molecular formula is C12H12O3. The van der Waals surface area contributed by atoms with E-state index in [1.807, 2.05) is 12.2 Å². The van der Waals surface area contributed by atoms with Crippen molar-refractivity contribution in [2.45, 2.75) is 26.2 Å². The van der Waals surface area contributed by atoms with Crippen LogP contribution < -0.4 is 16.3 Å². The molecule has 0 saturated heterocycles. The number of ketones is 1. The first-order valence-electron chi connectivity index (χ1n) is 5.10. The maximum absolute atomic E-state index is 11.5. The highest BCUT2D eigenvalue weighted by Crippen LogP contribution is 1.97. The third-order valence-electron chi connectivity index (χ3n) is 2.49. The molecule has 0 N–H and O–H groups in total. The van der Waals surface area contributed by atoms with Crippen LogP contribution in [0.2, 0.25) is 0 Å². The summed E-state index contributed by atoms with van der Waals surface area (Å²) in [5, 5.41) is 0.859. The maximum Gasteiger partial charge on any atom is 0.347 e. The highest BCUT2D eigenvalue weighted by Gasteiger charge is 2.10. The Bertz CT molecular complexity index is 564. The summed E-state index contributed by atoms with van der Waals surface area (Å²) in [4.78, 5) is 22.9. The van der Waals surface area contributed by atoms with Crippen molar-refractivity contribution in [3.8, 4) is 0 Å². The van der Waals surface area contributed by atoms with Crippen molar-refractivity contribution in [1.29, 1.82) is 0 Å². The average molecular weight is 204 g/mol. The van der Waals surface area contributed by atoms with Crippen molar-refractivity contribution < 1.29 is 9.21 Å². The molecule has 1 aromatic rings. The molecule has 0 saturated carbocycles. The molecule has 78 valence electrons. The first kappa shape index (κ1) is 9.90. The number of hydrogen-bond donors (Lipinski definition) is 0. The molecule has 0 aromatic carbocycles. The van der Waals surface area contributed by atoms with Crippen molar-refractivity contribution in [2.75, 3.05) is 0 Å². The van der Waals surface area contributed by atoms with Crippen LogP contribution in [0.5, 0.6) is 0 Å². The molecule has 3 nitrogen and oxygen atoms in total. The fraction of sp³-hybridized carbons (Fsp3) is 0.333. The van der Waals surface area contributed by atoms with E-state index in [1.165, 1.54) is 0 Å². The van der Waals surface area contributed by atoms with Gasteiger partial charge in [-0.05, 0) is 25.0 Å². The molecule has 15 heavy (non-hydrogen) atoms. The van der Waals surface area contributed by atoms with E-state index < -0.39 is 5.63 Å². The van der Waals surface area contributed by atoms with Gasteiger partial charge in [0.25, 0.3) is 0 Å². The van der Waals surface area contributed by atoms with E-state index in [2.05, 4.69) is 0 Å². The summed E-state index contributed by atoms with van der Waals surface area (Å²) in [5.41, 5.74) is 0.244. The van der Waals surface area contributed by atoms with E-state index in [9.17, 15) is 9.59 Å². The summed E-state index contributed by atoms with van der Waals surface area (Å²) in [5.74, 6) is -0.162. The molecule has 0 unspecified atom stereocenters. The first-order chi connectivity index (χ1) is 7.22. The highest BCUT2D eigenvalue weighted by atomic mass is 16.4. The van der Waals surface area contributed by atoms with E-state index in [1.54, 1.807) is 13.0 Å². The van der Waals surface area contributed by atoms with Gasteiger partial charge in [0.1, 0.15) is 11.0 Å². The highest BCUT2D eigenvalue weighted by molar-refractivity contribution is 5.95. The second-order valence-electron chi connectivity index (χ2n) is 3.53. The van der Waals surface area contributed by atoms with Crippen LogP contribution in [0.3, 0.4) is 0 Å². The van der Waals surface area contributed by atoms with Crippen LogP contribution in [0.4, 0.5) is 0 Å². The number of Topliss-reactive ketones (excluding diaryl/α,β-unsaturated/α-hetero) is 1. The monoisotopic (exact) mass is 204 g/mol. The summed E-state index contributed by atoms with van der Waals surface area (Å²) < 4.78 is 5.09. The molecule has 0 spiro atoms. The lowest BCUT2D eigenvalue weighted by molar-refractivity contribution is 0.0983. The van der Waals surface area contributed by atoms with Crippen molar-refractivity contribution in [3.63, 3.8) is 0 Å². The van der Waals surface area contributed by atoms with Crippen LogP contribution in [0.15, 0.2) is 15.3 Å². The summed E-state index contributed by atoms with van der Waals surface area (Å²) in [6.45, 7) is 1.73. The molecule has 1 heterocycles. The van der Waals surface area contributed by atoms with Gasteiger partial charge in [-0.2, -0.15) is 0 Å². The zero-order valence-corrected chi connectivity index (χ0v) is 8.58. The van der Waals surface area contributed by atoms with Crippen LogP contribution >= 0.6 is 0 Å². The van der Waals surface area contributed by atoms with Crippen LogP contribution in [0.1, 0.15) is 36.5 Å². The smallest absolute Gasteiger partial charge is 0.347 e. The Morgan fingerprint density at radius 3 is 2.87 bits per heavy atom. The minimum Gasteiger partial charge on any atom is -0.423 e. The van der Waals surface area contributed by atoms with Gasteiger partial charge in [0.2, 0.25) is 0 Å². The van der Waals surface area contributed by atoms with Crippen LogP contribution in [0, 0.1) is 0 Å². The SMILES string of the molecule is CCC(=O)c1cc2c(oc1=O)=CCCC=2. The number of carbonyl (C=O) groups is 1. The Labute approximate surface area is 86.7 Å². The van der Waals surface area contributed by atoms with Gasteiger partial charge in [0, 0.05) is 11.6 Å². The van der Waals surface area contributed by atoms with Crippen molar-refractivity contribution >= 4 is 17.9 Å². The molecule has 1 aromatic heterocycles. The largest absolute Gasteiger partial charge is 0.423 e. The molecule has 0 fully saturated rings. The van der Waals surface area contributed by atoms with Crippen LogP contribution in [-0.4, -0.2) is 5.78 Å². The molecular weight excluding hydrogens is 192 g/mol. The zero-order chi connectivity index (χ0) is 10.8. The summed E-state index contributed by atoms with van der Waals surface area (Å²) in [7, 11) is 0. The quantitative estimate of drug-likeness (QED) is 0.662. The Balaban J connectivity index is 2.72. The normalized spacial score (nSPS) is 13.7. The van der Waals surface area contributed by atoms with E-state index in [0.717, 1.165) is 18.1 Å². The molecule has 2 rings (SSSR count). The van der Waals surface area contributed by atoms with Gasteiger partial charge >= 0.3 is 5.63 Å². The number of carbonyl (C=O) groups excluding carboxylic acids is 1. The summed E-state index contributed by atoms with van der Waals surface area (Å²) in [6, 6.07) is 1.64. The zero-order valence-electron chi connectivity index (χ0n) is 8.58. The Kier molecular flexibility index (Phi) is 2.54. The van der Waals surface area contributed by atoms with E-state index in [-0.39, 0.29) is 11.3 Å². The number of hydrogen-bond acceptors (Lipinski definition) is 3. The Morgan fingerprint density at radius 1 is 1.40 bits per heavy atom. The molecule has 0 atom stereocenters. The lowest BCUT2D eigenvalue weighted by atomic mass is 10.1. The maximum atomic E-state index is 11.5. The fourth-order valence-corrected chi connectivity index (χ4v) is 1.66. The van der Waals surface area contributed by atoms with Gasteiger partial charge in [-0.25, -0.2) is 4.79 Å². The second-order valence-corrected chi connectivity index (χ2v) is 3.53. The molecule has 0 aliphatic heterocycles. The summed E-state index contributed by atoms with van der Waals surface area (Å²) >= 11 is 0. The van der Waals surface area contributed by atoms with Gasteiger partial charge in [-0.15, -0.1) is 0 Å². The van der Waals surface area contributed by atoms with Crippen LogP contribution in [0.25, 0.3) is 12.2 Å². The van der Waals surface area contributed by atoms with E-state index in [0.29, 0.717) is 11.8 Å². The van der Waals surface area contributed by atoms with Crippen LogP contribution in [-0.2, 0) is 0 Å². The fourth-order valence-electron chi connectivity index (χ4n) is 1.66. The van der Waals surface area contributed by atoms with Crippen molar-refractivity contribution in [2.24, 2.45) is 0 Å². The van der Waals surface area contributed by atoms with E-state index >= 15 is 0 Å². The molecule has 3 heteroatoms. The average Bonchev–Trinajstić information content (AvgIpc) is 2.27. The lowest BCUT2D eigenvalue weighted by Gasteiger charge is -2.00.